The largest absolute Gasteiger partial charge is 0.493 e. The van der Waals surface area contributed by atoms with Crippen LogP contribution in [-0.4, -0.2) is 47.6 Å². The Morgan fingerprint density at radius 3 is 2.87 bits per heavy atom. The highest BCUT2D eigenvalue weighted by Gasteiger charge is 2.25. The summed E-state index contributed by atoms with van der Waals surface area (Å²) < 4.78 is 34.4. The number of rotatable bonds is 6. The lowest BCUT2D eigenvalue weighted by Gasteiger charge is -2.31. The van der Waals surface area contributed by atoms with Crippen molar-refractivity contribution in [1.82, 2.24) is 14.9 Å². The highest BCUT2D eigenvalue weighted by Crippen LogP contribution is 2.30. The summed E-state index contributed by atoms with van der Waals surface area (Å²) in [5.74, 6) is 1.09. The highest BCUT2D eigenvalue weighted by atomic mass is 19.3. The number of carbonyl (C=O) groups excluding carboxylic acids is 1. The molecule has 1 unspecified atom stereocenters. The second-order valence-electron chi connectivity index (χ2n) is 7.38. The van der Waals surface area contributed by atoms with Gasteiger partial charge in [0.25, 0.3) is 0 Å². The van der Waals surface area contributed by atoms with Crippen LogP contribution in [0.2, 0.25) is 0 Å². The van der Waals surface area contributed by atoms with Crippen molar-refractivity contribution in [1.29, 1.82) is 0 Å². The van der Waals surface area contributed by atoms with Crippen LogP contribution in [0, 0.1) is 0 Å². The second kappa shape index (κ2) is 9.16. The Kier molecular flexibility index (Phi) is 6.16. The zero-order valence-electron chi connectivity index (χ0n) is 17.1. The molecule has 0 aliphatic carbocycles. The Labute approximate surface area is 178 Å². The van der Waals surface area contributed by atoms with E-state index < -0.39 is 6.61 Å². The average molecular weight is 427 g/mol. The fourth-order valence-corrected chi connectivity index (χ4v) is 3.82. The van der Waals surface area contributed by atoms with Gasteiger partial charge in [0.05, 0.1) is 18.1 Å². The Morgan fingerprint density at radius 2 is 2.10 bits per heavy atom. The van der Waals surface area contributed by atoms with Gasteiger partial charge in [0.2, 0.25) is 5.91 Å². The minimum atomic E-state index is -2.93. The number of aromatic amines is 1. The molecule has 1 fully saturated rings. The summed E-state index contributed by atoms with van der Waals surface area (Å²) in [6.45, 7) is -1.66. The number of halogens is 2. The molecule has 8 heteroatoms. The van der Waals surface area contributed by atoms with Gasteiger partial charge in [0.15, 0.2) is 11.5 Å². The molecule has 1 amide bonds. The van der Waals surface area contributed by atoms with Crippen molar-refractivity contribution < 1.29 is 23.0 Å². The van der Waals surface area contributed by atoms with Crippen LogP contribution in [0.1, 0.15) is 30.1 Å². The number of methoxy groups -OCH3 is 1. The van der Waals surface area contributed by atoms with Gasteiger partial charge >= 0.3 is 6.61 Å². The van der Waals surface area contributed by atoms with Gasteiger partial charge in [0, 0.05) is 25.1 Å². The predicted octanol–water partition coefficient (Wildman–Crippen LogP) is 4.59. The number of likely N-dealkylation sites (tertiary alicyclic amines) is 1. The number of piperidine rings is 1. The molecule has 1 saturated heterocycles. The molecular formula is C23H23F2N3O3. The number of fused-ring (bicyclic) bond motifs is 1. The van der Waals surface area contributed by atoms with E-state index in [-0.39, 0.29) is 23.3 Å². The molecule has 3 aromatic rings. The lowest BCUT2D eigenvalue weighted by Crippen LogP contribution is -2.38. The standard InChI is InChI=1S/C23H23F2N3O3/c1-30-20-13-15(8-10-19(20)31-23(24)25)9-11-21(29)28-12-4-5-16(14-28)22-26-17-6-2-3-7-18(17)27-22/h2-3,6-11,13,16,23H,4-5,12,14H2,1H3,(H,26,27)/b11-9+. The van der Waals surface area contributed by atoms with Gasteiger partial charge in [-0.2, -0.15) is 8.78 Å². The van der Waals surface area contributed by atoms with Crippen molar-refractivity contribution in [2.75, 3.05) is 20.2 Å². The first-order valence-corrected chi connectivity index (χ1v) is 10.1. The molecule has 0 bridgehead atoms. The number of H-pyrrole nitrogens is 1. The third-order valence-corrected chi connectivity index (χ3v) is 5.35. The molecule has 1 aliphatic rings. The number of hydrogen-bond acceptors (Lipinski definition) is 4. The molecule has 1 atom stereocenters. The summed E-state index contributed by atoms with van der Waals surface area (Å²) in [7, 11) is 1.37. The predicted molar refractivity (Wildman–Crippen MR) is 113 cm³/mol. The SMILES string of the molecule is COc1cc(/C=C/C(=O)N2CCCC(c3nc4ccccc4[nH]3)C2)ccc1OC(F)F. The van der Waals surface area contributed by atoms with Crippen LogP contribution >= 0.6 is 0 Å². The number of amides is 1. The lowest BCUT2D eigenvalue weighted by molar-refractivity contribution is -0.127. The van der Waals surface area contributed by atoms with Crippen molar-refractivity contribution in [2.24, 2.45) is 0 Å². The van der Waals surface area contributed by atoms with E-state index in [1.807, 2.05) is 29.2 Å². The van der Waals surface area contributed by atoms with Gasteiger partial charge in [0.1, 0.15) is 5.82 Å². The van der Waals surface area contributed by atoms with E-state index in [0.717, 1.165) is 29.7 Å². The van der Waals surface area contributed by atoms with E-state index in [1.54, 1.807) is 18.2 Å². The number of imidazole rings is 1. The maximum absolute atomic E-state index is 12.7. The molecule has 1 N–H and O–H groups in total. The normalized spacial score (nSPS) is 16.9. The van der Waals surface area contributed by atoms with Crippen molar-refractivity contribution in [3.8, 4) is 11.5 Å². The molecule has 0 spiro atoms. The van der Waals surface area contributed by atoms with Gasteiger partial charge < -0.3 is 19.4 Å². The minimum Gasteiger partial charge on any atom is -0.493 e. The zero-order valence-corrected chi connectivity index (χ0v) is 17.1. The van der Waals surface area contributed by atoms with Gasteiger partial charge in [-0.15, -0.1) is 0 Å². The first kappa shape index (κ1) is 20.8. The van der Waals surface area contributed by atoms with Crippen molar-refractivity contribution >= 4 is 23.0 Å². The van der Waals surface area contributed by atoms with E-state index >= 15 is 0 Å². The molecule has 1 aromatic heterocycles. The van der Waals surface area contributed by atoms with Gasteiger partial charge in [-0.1, -0.05) is 18.2 Å². The Balaban J connectivity index is 1.43. The fraction of sp³-hybridized carbons (Fsp3) is 0.304. The van der Waals surface area contributed by atoms with Crippen LogP contribution in [0.5, 0.6) is 11.5 Å². The third-order valence-electron chi connectivity index (χ3n) is 5.35. The molecule has 1 aliphatic heterocycles. The fourth-order valence-electron chi connectivity index (χ4n) is 3.82. The third kappa shape index (κ3) is 4.84. The Bertz CT molecular complexity index is 1060. The van der Waals surface area contributed by atoms with Crippen LogP contribution in [-0.2, 0) is 4.79 Å². The molecule has 4 rings (SSSR count). The minimum absolute atomic E-state index is 0.0503. The first-order chi connectivity index (χ1) is 15.0. The first-order valence-electron chi connectivity index (χ1n) is 10.1. The molecule has 31 heavy (non-hydrogen) atoms. The van der Waals surface area contributed by atoms with E-state index in [2.05, 4.69) is 14.7 Å². The molecule has 6 nitrogen and oxygen atoms in total. The molecule has 2 aromatic carbocycles. The molecular weight excluding hydrogens is 404 g/mol. The summed E-state index contributed by atoms with van der Waals surface area (Å²) >= 11 is 0. The lowest BCUT2D eigenvalue weighted by atomic mass is 9.97. The van der Waals surface area contributed by atoms with Gasteiger partial charge in [-0.25, -0.2) is 4.98 Å². The number of para-hydroxylation sites is 2. The maximum Gasteiger partial charge on any atom is 0.387 e. The number of nitrogens with one attached hydrogen (secondary N) is 1. The summed E-state index contributed by atoms with van der Waals surface area (Å²) in [6.07, 6.45) is 5.00. The Morgan fingerprint density at radius 1 is 1.26 bits per heavy atom. The quantitative estimate of drug-likeness (QED) is 0.584. The number of alkyl halides is 2. The smallest absolute Gasteiger partial charge is 0.387 e. The van der Waals surface area contributed by atoms with Crippen LogP contribution < -0.4 is 9.47 Å². The zero-order chi connectivity index (χ0) is 21.8. The highest BCUT2D eigenvalue weighted by molar-refractivity contribution is 5.92. The Hall–Kier alpha value is -3.42. The van der Waals surface area contributed by atoms with E-state index in [9.17, 15) is 13.6 Å². The van der Waals surface area contributed by atoms with Crippen molar-refractivity contribution in [2.45, 2.75) is 25.4 Å². The molecule has 0 saturated carbocycles. The topological polar surface area (TPSA) is 67.5 Å². The number of carbonyl (C=O) groups is 1. The second-order valence-corrected chi connectivity index (χ2v) is 7.38. The van der Waals surface area contributed by atoms with E-state index in [0.29, 0.717) is 18.7 Å². The van der Waals surface area contributed by atoms with Crippen molar-refractivity contribution in [3.05, 3.63) is 59.9 Å². The monoisotopic (exact) mass is 427 g/mol. The maximum atomic E-state index is 12.7. The van der Waals surface area contributed by atoms with Gasteiger partial charge in [-0.3, -0.25) is 4.79 Å². The summed E-state index contributed by atoms with van der Waals surface area (Å²) in [5.41, 5.74) is 2.57. The van der Waals surface area contributed by atoms with Crippen LogP contribution in [0.3, 0.4) is 0 Å². The number of ether oxygens (including phenoxy) is 2. The van der Waals surface area contributed by atoms with Crippen LogP contribution in [0.15, 0.2) is 48.5 Å². The van der Waals surface area contributed by atoms with Gasteiger partial charge in [-0.05, 0) is 48.7 Å². The summed E-state index contributed by atoms with van der Waals surface area (Å²) in [6, 6.07) is 12.4. The number of nitrogens with zero attached hydrogens (tertiary/aromatic N) is 2. The average Bonchev–Trinajstić information content (AvgIpc) is 3.22. The summed E-state index contributed by atoms with van der Waals surface area (Å²) in [4.78, 5) is 22.6. The number of hydrogen-bond donors (Lipinski definition) is 1. The van der Waals surface area contributed by atoms with Crippen molar-refractivity contribution in [3.63, 3.8) is 0 Å². The molecule has 162 valence electrons. The van der Waals surface area contributed by atoms with Crippen LogP contribution in [0.25, 0.3) is 17.1 Å². The number of aromatic nitrogens is 2. The van der Waals surface area contributed by atoms with Crippen LogP contribution in [0.4, 0.5) is 8.78 Å². The van der Waals surface area contributed by atoms with E-state index in [4.69, 9.17) is 4.74 Å². The molecule has 2 heterocycles. The van der Waals surface area contributed by atoms with E-state index in [1.165, 1.54) is 19.3 Å². The summed E-state index contributed by atoms with van der Waals surface area (Å²) in [5, 5.41) is 0. The number of benzene rings is 2. The molecule has 0 radical (unpaired) electrons.